The summed E-state index contributed by atoms with van der Waals surface area (Å²) in [4.78, 5) is 3.93. The first-order chi connectivity index (χ1) is 6.09. The van der Waals surface area contributed by atoms with Gasteiger partial charge in [-0.15, -0.1) is 0 Å². The van der Waals surface area contributed by atoms with E-state index >= 15 is 0 Å². The fourth-order valence-corrected chi connectivity index (χ4v) is 1.29. The van der Waals surface area contributed by atoms with Crippen molar-refractivity contribution in [2.45, 2.75) is 0 Å². The molecule has 13 heavy (non-hydrogen) atoms. The van der Waals surface area contributed by atoms with Gasteiger partial charge in [0.25, 0.3) is 0 Å². The Labute approximate surface area is 73.9 Å². The van der Waals surface area contributed by atoms with E-state index in [-0.39, 0.29) is 5.59 Å². The van der Waals surface area contributed by atoms with Crippen LogP contribution in [0.4, 0.5) is 0 Å². The van der Waals surface area contributed by atoms with E-state index in [1.54, 1.807) is 18.3 Å². The second kappa shape index (κ2) is 2.56. The summed E-state index contributed by atoms with van der Waals surface area (Å²) in [5.41, 5.74) is 0.580. The van der Waals surface area contributed by atoms with Crippen molar-refractivity contribution in [2.24, 2.45) is 0 Å². The number of rotatable bonds is 1. The highest BCUT2D eigenvalue weighted by Crippen LogP contribution is 1.99. The van der Waals surface area contributed by atoms with Crippen LogP contribution in [0.2, 0.25) is 0 Å². The zero-order chi connectivity index (χ0) is 9.47. The number of fused-ring (bicyclic) bond motifs is 1. The van der Waals surface area contributed by atoms with Gasteiger partial charge in [-0.25, -0.2) is 4.98 Å². The minimum absolute atomic E-state index is 0.0231. The zero-order valence-electron chi connectivity index (χ0n) is 6.70. The van der Waals surface area contributed by atoms with Gasteiger partial charge in [0.1, 0.15) is 5.65 Å². The third-order valence-electron chi connectivity index (χ3n) is 1.86. The molecule has 0 fully saturated rings. The van der Waals surface area contributed by atoms with Gasteiger partial charge in [0.2, 0.25) is 0 Å². The summed E-state index contributed by atoms with van der Waals surface area (Å²) in [5, 5.41) is 27.1. The van der Waals surface area contributed by atoms with Crippen LogP contribution in [0.3, 0.4) is 0 Å². The monoisotopic (exact) mass is 179 g/mol. The summed E-state index contributed by atoms with van der Waals surface area (Å²) in [6.07, 6.45) is 3.06. The van der Waals surface area contributed by atoms with Crippen LogP contribution in [0.15, 0.2) is 30.6 Å². The average molecular weight is 179 g/mol. The minimum Gasteiger partial charge on any atom is -0.555 e. The highest BCUT2D eigenvalue weighted by Gasteiger charge is 2.20. The summed E-state index contributed by atoms with van der Waals surface area (Å²) in [6.45, 7) is -3.47. The molecule has 0 unspecified atom stereocenters. The van der Waals surface area contributed by atoms with Crippen molar-refractivity contribution < 1.29 is 15.1 Å². The number of imidazole rings is 1. The van der Waals surface area contributed by atoms with Gasteiger partial charge in [-0.05, 0) is 11.7 Å². The van der Waals surface area contributed by atoms with E-state index in [0.717, 1.165) is 0 Å². The van der Waals surface area contributed by atoms with Gasteiger partial charge in [0.05, 0.1) is 0 Å². The predicted octanol–water partition coefficient (Wildman–Crippen LogP) is -1.54. The Morgan fingerprint density at radius 1 is 1.23 bits per heavy atom. The minimum atomic E-state index is -3.47. The molecule has 0 aliphatic carbocycles. The highest BCUT2D eigenvalue weighted by molar-refractivity contribution is 6.70. The van der Waals surface area contributed by atoms with E-state index in [0.29, 0.717) is 5.65 Å². The summed E-state index contributed by atoms with van der Waals surface area (Å²) in [6, 6.07) is 4.72. The molecule has 0 radical (unpaired) electrons. The van der Waals surface area contributed by atoms with Gasteiger partial charge < -0.3 is 19.5 Å². The molecule has 0 aliphatic rings. The van der Waals surface area contributed by atoms with Crippen LogP contribution in [0, 0.1) is 0 Å². The van der Waals surface area contributed by atoms with Gasteiger partial charge in [0, 0.05) is 12.4 Å². The molecule has 68 valence electrons. The van der Waals surface area contributed by atoms with Crippen LogP contribution in [0.25, 0.3) is 5.65 Å². The standard InChI is InChI=1S/C7H8BN2O3/c11-8(12,13)6-2-1-3-7-9-4-5-10(6)7/h1-5,11-13H/q-1. The van der Waals surface area contributed by atoms with Crippen molar-refractivity contribution in [3.63, 3.8) is 0 Å². The quantitative estimate of drug-likeness (QED) is 0.463. The molecular formula is C7H8BN2O3-. The maximum atomic E-state index is 9.03. The topological polar surface area (TPSA) is 78.0 Å². The Hall–Kier alpha value is -1.37. The Morgan fingerprint density at radius 3 is 2.69 bits per heavy atom. The molecular weight excluding hydrogens is 171 g/mol. The van der Waals surface area contributed by atoms with Crippen molar-refractivity contribution in [2.75, 3.05) is 0 Å². The number of nitrogens with zero attached hydrogens (tertiary/aromatic N) is 2. The first-order valence-corrected chi connectivity index (χ1v) is 3.83. The largest absolute Gasteiger partial charge is 0.555 e. The van der Waals surface area contributed by atoms with E-state index in [9.17, 15) is 0 Å². The maximum Gasteiger partial charge on any atom is 0.418 e. The Morgan fingerprint density at radius 2 is 2.00 bits per heavy atom. The number of pyridine rings is 1. The fraction of sp³-hybridized carbons (Fsp3) is 0. The lowest BCUT2D eigenvalue weighted by Crippen LogP contribution is -2.51. The van der Waals surface area contributed by atoms with Crippen molar-refractivity contribution in [1.29, 1.82) is 0 Å². The van der Waals surface area contributed by atoms with Crippen LogP contribution in [-0.4, -0.2) is 31.2 Å². The van der Waals surface area contributed by atoms with E-state index in [4.69, 9.17) is 15.1 Å². The van der Waals surface area contributed by atoms with Crippen LogP contribution in [0.1, 0.15) is 0 Å². The molecule has 0 aromatic carbocycles. The normalized spacial score (nSPS) is 12.2. The zero-order valence-corrected chi connectivity index (χ0v) is 6.70. The Balaban J connectivity index is 2.75. The van der Waals surface area contributed by atoms with E-state index in [1.165, 1.54) is 16.7 Å². The van der Waals surface area contributed by atoms with E-state index in [2.05, 4.69) is 4.98 Å². The fourth-order valence-electron chi connectivity index (χ4n) is 1.29. The van der Waals surface area contributed by atoms with Gasteiger partial charge in [0.15, 0.2) is 0 Å². The van der Waals surface area contributed by atoms with Crippen molar-refractivity contribution >= 4 is 18.0 Å². The summed E-state index contributed by atoms with van der Waals surface area (Å²) >= 11 is 0. The first-order valence-electron chi connectivity index (χ1n) is 3.83. The van der Waals surface area contributed by atoms with Gasteiger partial charge >= 0.3 is 6.75 Å². The summed E-state index contributed by atoms with van der Waals surface area (Å²) < 4.78 is 1.42. The van der Waals surface area contributed by atoms with Crippen LogP contribution in [-0.2, 0) is 0 Å². The predicted molar refractivity (Wildman–Crippen MR) is 47.2 cm³/mol. The molecule has 0 aliphatic heterocycles. The SMILES string of the molecule is O[B-](O)(O)c1cccc2nccn12. The van der Waals surface area contributed by atoms with Crippen molar-refractivity contribution in [3.8, 4) is 0 Å². The molecule has 5 nitrogen and oxygen atoms in total. The third kappa shape index (κ3) is 1.31. The molecule has 0 saturated carbocycles. The Bertz CT molecular complexity index is 434. The molecule has 2 rings (SSSR count). The van der Waals surface area contributed by atoms with Crippen LogP contribution < -0.4 is 5.59 Å². The van der Waals surface area contributed by atoms with Gasteiger partial charge in [-0.3, -0.25) is 0 Å². The summed E-state index contributed by atoms with van der Waals surface area (Å²) in [5.74, 6) is 0. The first kappa shape index (κ1) is 8.24. The van der Waals surface area contributed by atoms with Gasteiger partial charge in [-0.1, -0.05) is 12.1 Å². The van der Waals surface area contributed by atoms with Crippen LogP contribution >= 0.6 is 0 Å². The molecule has 2 aromatic heterocycles. The molecule has 0 saturated heterocycles. The lowest BCUT2D eigenvalue weighted by Gasteiger charge is -2.22. The number of aromatic nitrogens is 2. The molecule has 2 heterocycles. The molecule has 6 heteroatoms. The molecule has 0 amide bonds. The van der Waals surface area contributed by atoms with E-state index in [1.807, 2.05) is 0 Å². The smallest absolute Gasteiger partial charge is 0.418 e. The second-order valence-corrected chi connectivity index (χ2v) is 2.84. The van der Waals surface area contributed by atoms with Gasteiger partial charge in [-0.2, -0.15) is 0 Å². The molecule has 0 atom stereocenters. The molecule has 3 N–H and O–H groups in total. The lowest BCUT2D eigenvalue weighted by atomic mass is 9.75. The van der Waals surface area contributed by atoms with Crippen LogP contribution in [0.5, 0.6) is 0 Å². The summed E-state index contributed by atoms with van der Waals surface area (Å²) in [7, 11) is 0. The highest BCUT2D eigenvalue weighted by atomic mass is 16.5. The molecule has 2 aromatic rings. The maximum absolute atomic E-state index is 9.03. The second-order valence-electron chi connectivity index (χ2n) is 2.84. The van der Waals surface area contributed by atoms with E-state index < -0.39 is 6.75 Å². The van der Waals surface area contributed by atoms with Crippen molar-refractivity contribution in [3.05, 3.63) is 30.6 Å². The Kier molecular flexibility index (Phi) is 1.62. The third-order valence-corrected chi connectivity index (χ3v) is 1.86. The number of hydrogen-bond acceptors (Lipinski definition) is 4. The van der Waals surface area contributed by atoms with Crippen molar-refractivity contribution in [1.82, 2.24) is 9.38 Å². The lowest BCUT2D eigenvalue weighted by molar-refractivity contribution is 0.248. The average Bonchev–Trinajstić information content (AvgIpc) is 2.48. The number of hydrogen-bond donors (Lipinski definition) is 3. The molecule has 0 bridgehead atoms. The molecule has 0 spiro atoms.